The Bertz CT molecular complexity index is 483. The van der Waals surface area contributed by atoms with Crippen molar-refractivity contribution in [2.45, 2.75) is 13.5 Å². The summed E-state index contributed by atoms with van der Waals surface area (Å²) in [4.78, 5) is 4.17. The molecule has 1 aromatic carbocycles. The first kappa shape index (κ1) is 10.6. The number of rotatable bonds is 3. The number of nitrogens with zero attached hydrogens (tertiary/aromatic N) is 1. The van der Waals surface area contributed by atoms with Gasteiger partial charge in [0, 0.05) is 12.7 Å². The molecule has 0 saturated heterocycles. The molecule has 0 saturated carbocycles. The smallest absolute Gasteiger partial charge is 0.150 e. The van der Waals surface area contributed by atoms with E-state index in [1.165, 1.54) is 0 Å². The quantitative estimate of drug-likeness (QED) is 0.854. The van der Waals surface area contributed by atoms with E-state index < -0.39 is 0 Å². The third-order valence-electron chi connectivity index (χ3n) is 2.36. The Kier molecular flexibility index (Phi) is 3.17. The van der Waals surface area contributed by atoms with E-state index in [1.807, 2.05) is 43.3 Å². The molecule has 0 aliphatic carbocycles. The van der Waals surface area contributed by atoms with Gasteiger partial charge in [0.05, 0.1) is 5.69 Å². The van der Waals surface area contributed by atoms with Crippen LogP contribution in [-0.4, -0.2) is 4.98 Å². The van der Waals surface area contributed by atoms with E-state index in [9.17, 15) is 0 Å². The van der Waals surface area contributed by atoms with E-state index in [-0.39, 0.29) is 0 Å². The molecule has 82 valence electrons. The van der Waals surface area contributed by atoms with Gasteiger partial charge in [0.1, 0.15) is 11.5 Å². The highest BCUT2D eigenvalue weighted by Crippen LogP contribution is 2.26. The Morgan fingerprint density at radius 2 is 1.88 bits per heavy atom. The SMILES string of the molecule is Cc1ccccc1Oc1cccnc1CN. The van der Waals surface area contributed by atoms with E-state index in [0.717, 1.165) is 22.8 Å². The van der Waals surface area contributed by atoms with Crippen LogP contribution in [0.15, 0.2) is 42.6 Å². The van der Waals surface area contributed by atoms with Crippen molar-refractivity contribution in [3.63, 3.8) is 0 Å². The standard InChI is InChI=1S/C13H14N2O/c1-10-5-2-3-6-12(10)16-13-7-4-8-15-11(13)9-14/h2-8H,9,14H2,1H3. The zero-order chi connectivity index (χ0) is 11.4. The summed E-state index contributed by atoms with van der Waals surface area (Å²) in [6, 6.07) is 11.6. The Morgan fingerprint density at radius 1 is 1.12 bits per heavy atom. The molecule has 0 aliphatic heterocycles. The number of hydrogen-bond acceptors (Lipinski definition) is 3. The molecule has 3 heteroatoms. The summed E-state index contributed by atoms with van der Waals surface area (Å²) in [6.45, 7) is 2.38. The Balaban J connectivity index is 2.30. The van der Waals surface area contributed by atoms with Gasteiger partial charge in [0.15, 0.2) is 0 Å². The minimum Gasteiger partial charge on any atom is -0.455 e. The van der Waals surface area contributed by atoms with Gasteiger partial charge in [-0.05, 0) is 30.7 Å². The largest absolute Gasteiger partial charge is 0.455 e. The maximum absolute atomic E-state index is 5.79. The number of ether oxygens (including phenoxy) is 1. The van der Waals surface area contributed by atoms with Crippen molar-refractivity contribution >= 4 is 0 Å². The van der Waals surface area contributed by atoms with Gasteiger partial charge < -0.3 is 10.5 Å². The van der Waals surface area contributed by atoms with Crippen molar-refractivity contribution in [3.8, 4) is 11.5 Å². The average Bonchev–Trinajstić information content (AvgIpc) is 2.33. The molecule has 2 aromatic rings. The number of aryl methyl sites for hydroxylation is 1. The van der Waals surface area contributed by atoms with Gasteiger partial charge >= 0.3 is 0 Å². The van der Waals surface area contributed by atoms with Gasteiger partial charge in [-0.1, -0.05) is 18.2 Å². The Morgan fingerprint density at radius 3 is 2.62 bits per heavy atom. The molecular weight excluding hydrogens is 200 g/mol. The van der Waals surface area contributed by atoms with E-state index in [2.05, 4.69) is 4.98 Å². The molecule has 1 aromatic heterocycles. The summed E-state index contributed by atoms with van der Waals surface area (Å²) >= 11 is 0. The molecule has 1 heterocycles. The van der Waals surface area contributed by atoms with Crippen LogP contribution in [0.25, 0.3) is 0 Å². The fourth-order valence-corrected chi connectivity index (χ4v) is 1.46. The molecule has 0 spiro atoms. The second-order valence-corrected chi connectivity index (χ2v) is 3.52. The second-order valence-electron chi connectivity index (χ2n) is 3.52. The summed E-state index contributed by atoms with van der Waals surface area (Å²) < 4.78 is 5.79. The van der Waals surface area contributed by atoms with Crippen molar-refractivity contribution in [2.24, 2.45) is 5.73 Å². The van der Waals surface area contributed by atoms with Crippen LogP contribution in [0.1, 0.15) is 11.3 Å². The maximum atomic E-state index is 5.79. The molecule has 0 fully saturated rings. The number of para-hydroxylation sites is 1. The van der Waals surface area contributed by atoms with Gasteiger partial charge in [-0.15, -0.1) is 0 Å². The van der Waals surface area contributed by atoms with E-state index >= 15 is 0 Å². The molecular formula is C13H14N2O. The highest BCUT2D eigenvalue weighted by molar-refractivity contribution is 5.38. The molecule has 0 unspecified atom stereocenters. The fourth-order valence-electron chi connectivity index (χ4n) is 1.46. The lowest BCUT2D eigenvalue weighted by atomic mass is 10.2. The monoisotopic (exact) mass is 214 g/mol. The first-order valence-electron chi connectivity index (χ1n) is 5.18. The van der Waals surface area contributed by atoms with Crippen molar-refractivity contribution < 1.29 is 4.74 Å². The number of nitrogens with two attached hydrogens (primary N) is 1. The van der Waals surface area contributed by atoms with Crippen LogP contribution in [0, 0.1) is 6.92 Å². The maximum Gasteiger partial charge on any atom is 0.150 e. The average molecular weight is 214 g/mol. The zero-order valence-corrected chi connectivity index (χ0v) is 9.18. The van der Waals surface area contributed by atoms with Crippen LogP contribution < -0.4 is 10.5 Å². The molecule has 0 radical (unpaired) electrons. The molecule has 0 aliphatic rings. The molecule has 0 bridgehead atoms. The van der Waals surface area contributed by atoms with Gasteiger partial charge in [0.2, 0.25) is 0 Å². The molecule has 0 amide bonds. The van der Waals surface area contributed by atoms with Crippen molar-refractivity contribution in [1.82, 2.24) is 4.98 Å². The predicted molar refractivity (Wildman–Crippen MR) is 63.4 cm³/mol. The molecule has 2 rings (SSSR count). The Hall–Kier alpha value is -1.87. The number of hydrogen-bond donors (Lipinski definition) is 1. The summed E-state index contributed by atoms with van der Waals surface area (Å²) in [6.07, 6.45) is 1.72. The summed E-state index contributed by atoms with van der Waals surface area (Å²) in [5, 5.41) is 0. The van der Waals surface area contributed by atoms with E-state index in [4.69, 9.17) is 10.5 Å². The van der Waals surface area contributed by atoms with Crippen LogP contribution in [0.4, 0.5) is 0 Å². The van der Waals surface area contributed by atoms with Crippen molar-refractivity contribution in [1.29, 1.82) is 0 Å². The molecule has 2 N–H and O–H groups in total. The van der Waals surface area contributed by atoms with Crippen LogP contribution >= 0.6 is 0 Å². The van der Waals surface area contributed by atoms with Gasteiger partial charge in [-0.3, -0.25) is 4.98 Å². The molecule has 16 heavy (non-hydrogen) atoms. The number of benzene rings is 1. The van der Waals surface area contributed by atoms with Crippen LogP contribution in [0.3, 0.4) is 0 Å². The van der Waals surface area contributed by atoms with Gasteiger partial charge in [0.25, 0.3) is 0 Å². The lowest BCUT2D eigenvalue weighted by Crippen LogP contribution is -2.02. The predicted octanol–water partition coefficient (Wildman–Crippen LogP) is 2.64. The minimum absolute atomic E-state index is 0.377. The summed E-state index contributed by atoms with van der Waals surface area (Å²) in [7, 11) is 0. The van der Waals surface area contributed by atoms with E-state index in [0.29, 0.717) is 6.54 Å². The zero-order valence-electron chi connectivity index (χ0n) is 9.18. The normalized spacial score (nSPS) is 10.1. The number of aromatic nitrogens is 1. The first-order valence-corrected chi connectivity index (χ1v) is 5.18. The first-order chi connectivity index (χ1) is 7.81. The van der Waals surface area contributed by atoms with Crippen LogP contribution in [0.5, 0.6) is 11.5 Å². The fraction of sp³-hybridized carbons (Fsp3) is 0.154. The lowest BCUT2D eigenvalue weighted by Gasteiger charge is -2.10. The summed E-state index contributed by atoms with van der Waals surface area (Å²) in [5.74, 6) is 1.56. The van der Waals surface area contributed by atoms with Crippen molar-refractivity contribution in [2.75, 3.05) is 0 Å². The third-order valence-corrected chi connectivity index (χ3v) is 2.36. The summed E-state index contributed by atoms with van der Waals surface area (Å²) in [5.41, 5.74) is 7.46. The van der Waals surface area contributed by atoms with Crippen molar-refractivity contribution in [3.05, 3.63) is 53.9 Å². The number of pyridine rings is 1. The second kappa shape index (κ2) is 4.77. The highest BCUT2D eigenvalue weighted by Gasteiger charge is 2.05. The van der Waals surface area contributed by atoms with Crippen LogP contribution in [0.2, 0.25) is 0 Å². The minimum atomic E-state index is 0.377. The van der Waals surface area contributed by atoms with Crippen LogP contribution in [-0.2, 0) is 6.54 Å². The highest BCUT2D eigenvalue weighted by atomic mass is 16.5. The van der Waals surface area contributed by atoms with E-state index in [1.54, 1.807) is 6.20 Å². The third kappa shape index (κ3) is 2.20. The molecule has 0 atom stereocenters. The topological polar surface area (TPSA) is 48.1 Å². The Labute approximate surface area is 94.9 Å². The lowest BCUT2D eigenvalue weighted by molar-refractivity contribution is 0.469. The molecule has 3 nitrogen and oxygen atoms in total. The van der Waals surface area contributed by atoms with Gasteiger partial charge in [-0.2, -0.15) is 0 Å². The van der Waals surface area contributed by atoms with Gasteiger partial charge in [-0.25, -0.2) is 0 Å².